The monoisotopic (exact) mass is 566 g/mol. The molecule has 0 spiro atoms. The molecule has 41 heavy (non-hydrogen) atoms. The third-order valence-electron chi connectivity index (χ3n) is 11.7. The number of ether oxygens (including phenoxy) is 4. The maximum absolute atomic E-state index is 13.3. The van der Waals surface area contributed by atoms with Crippen LogP contribution >= 0.6 is 0 Å². The van der Waals surface area contributed by atoms with Crippen molar-refractivity contribution in [1.82, 2.24) is 0 Å². The summed E-state index contributed by atoms with van der Waals surface area (Å²) in [6.45, 7) is 14.1. The Bertz CT molecular complexity index is 1310. The maximum atomic E-state index is 13.3. The Hall–Kier alpha value is -2.71. The van der Waals surface area contributed by atoms with Gasteiger partial charge in [-0.2, -0.15) is 0 Å². The Morgan fingerprint density at radius 2 is 1.88 bits per heavy atom. The first kappa shape index (κ1) is 28.4. The third kappa shape index (κ3) is 3.75. The fourth-order valence-corrected chi connectivity index (χ4v) is 9.94. The van der Waals surface area contributed by atoms with Crippen LogP contribution in [-0.2, 0) is 33.3 Å². The third-order valence-corrected chi connectivity index (χ3v) is 11.7. The number of hydrogen-bond donors (Lipinski definition) is 0. The number of carbonyl (C=O) groups excluding carboxylic acids is 3. The minimum absolute atomic E-state index is 0.103. The van der Waals surface area contributed by atoms with Gasteiger partial charge in [0.25, 0.3) is 0 Å². The molecule has 0 aromatic carbocycles. The highest BCUT2D eigenvalue weighted by Gasteiger charge is 2.78. The van der Waals surface area contributed by atoms with Crippen LogP contribution in [0.25, 0.3) is 0 Å². The normalized spacial score (nSPS) is 44.7. The van der Waals surface area contributed by atoms with Crippen molar-refractivity contribution in [3.8, 4) is 0 Å². The van der Waals surface area contributed by atoms with Gasteiger partial charge in [0.15, 0.2) is 0 Å². The van der Waals surface area contributed by atoms with Gasteiger partial charge in [-0.05, 0) is 50.3 Å². The van der Waals surface area contributed by atoms with Crippen LogP contribution in [0.15, 0.2) is 45.8 Å². The highest BCUT2D eigenvalue weighted by molar-refractivity contribution is 5.87. The first-order valence-electron chi connectivity index (χ1n) is 14.9. The van der Waals surface area contributed by atoms with Crippen LogP contribution in [0.2, 0.25) is 0 Å². The van der Waals surface area contributed by atoms with E-state index in [1.165, 1.54) is 18.1 Å². The Morgan fingerprint density at radius 1 is 1.12 bits per heavy atom. The lowest BCUT2D eigenvalue weighted by Gasteiger charge is -2.65. The second-order valence-corrected chi connectivity index (χ2v) is 13.5. The lowest BCUT2D eigenvalue weighted by Crippen LogP contribution is -2.71. The number of aldehydes is 1. The Labute approximate surface area is 241 Å². The van der Waals surface area contributed by atoms with Crippen LogP contribution in [0.4, 0.5) is 0 Å². The van der Waals surface area contributed by atoms with Gasteiger partial charge in [0.05, 0.1) is 37.4 Å². The highest BCUT2D eigenvalue weighted by Crippen LogP contribution is 2.73. The van der Waals surface area contributed by atoms with E-state index in [0.717, 1.165) is 18.3 Å². The van der Waals surface area contributed by atoms with Gasteiger partial charge in [-0.1, -0.05) is 32.4 Å². The molecular weight excluding hydrogens is 524 g/mol. The van der Waals surface area contributed by atoms with Crippen LogP contribution in [0.3, 0.4) is 0 Å². The quantitative estimate of drug-likeness (QED) is 0.197. The summed E-state index contributed by atoms with van der Waals surface area (Å²) in [7, 11) is 0. The summed E-state index contributed by atoms with van der Waals surface area (Å²) in [6.07, 6.45) is 5.91. The molecule has 2 saturated heterocycles. The molecular formula is C33H42O8. The van der Waals surface area contributed by atoms with Crippen molar-refractivity contribution in [2.75, 3.05) is 6.61 Å². The van der Waals surface area contributed by atoms with E-state index in [-0.39, 0.29) is 42.0 Å². The van der Waals surface area contributed by atoms with Crippen LogP contribution in [0.5, 0.6) is 0 Å². The van der Waals surface area contributed by atoms with E-state index >= 15 is 0 Å². The van der Waals surface area contributed by atoms with E-state index in [1.54, 1.807) is 25.5 Å². The molecule has 6 rings (SSSR count). The Balaban J connectivity index is 1.52. The molecule has 3 heterocycles. The minimum atomic E-state index is -0.651. The molecule has 5 aliphatic rings. The molecule has 8 heteroatoms. The van der Waals surface area contributed by atoms with Gasteiger partial charge in [-0.3, -0.25) is 4.79 Å². The first-order chi connectivity index (χ1) is 19.4. The molecule has 0 N–H and O–H groups in total. The predicted octanol–water partition coefficient (Wildman–Crippen LogP) is 5.32. The summed E-state index contributed by atoms with van der Waals surface area (Å²) in [4.78, 5) is 38.1. The van der Waals surface area contributed by atoms with E-state index in [0.29, 0.717) is 25.0 Å². The number of allylic oxidation sites excluding steroid dienone is 2. The van der Waals surface area contributed by atoms with E-state index < -0.39 is 34.4 Å². The number of furan rings is 1. The molecule has 0 amide bonds. The summed E-state index contributed by atoms with van der Waals surface area (Å²) in [5.74, 6) is -0.951. The number of carbonyl (C=O) groups is 3. The molecule has 2 aliphatic heterocycles. The average molecular weight is 567 g/mol. The topological polar surface area (TPSA) is 101 Å². The predicted molar refractivity (Wildman–Crippen MR) is 149 cm³/mol. The minimum Gasteiger partial charge on any atom is -0.472 e. The number of hydrogen-bond acceptors (Lipinski definition) is 8. The molecule has 2 saturated carbocycles. The van der Waals surface area contributed by atoms with Gasteiger partial charge in [-0.15, -0.1) is 0 Å². The average Bonchev–Trinajstić information content (AvgIpc) is 3.69. The molecule has 3 aliphatic carbocycles. The van der Waals surface area contributed by atoms with Crippen molar-refractivity contribution < 1.29 is 37.7 Å². The number of esters is 2. The van der Waals surface area contributed by atoms with Crippen LogP contribution < -0.4 is 0 Å². The van der Waals surface area contributed by atoms with Gasteiger partial charge in [0, 0.05) is 53.4 Å². The molecule has 8 nitrogen and oxygen atoms in total. The molecule has 0 unspecified atom stereocenters. The first-order valence-corrected chi connectivity index (χ1v) is 14.9. The fraction of sp³-hybridized carbons (Fsp3) is 0.667. The van der Waals surface area contributed by atoms with Crippen molar-refractivity contribution >= 4 is 18.2 Å². The van der Waals surface area contributed by atoms with E-state index in [2.05, 4.69) is 27.7 Å². The smallest absolute Gasteiger partial charge is 0.333 e. The zero-order valence-corrected chi connectivity index (χ0v) is 25.1. The number of fused-ring (bicyclic) bond motifs is 4. The molecule has 1 aromatic rings. The maximum Gasteiger partial charge on any atom is 0.333 e. The molecule has 11 atom stereocenters. The molecule has 0 bridgehead atoms. The Morgan fingerprint density at radius 3 is 2.51 bits per heavy atom. The van der Waals surface area contributed by atoms with Crippen LogP contribution in [0.1, 0.15) is 79.2 Å². The highest BCUT2D eigenvalue weighted by atomic mass is 16.6. The van der Waals surface area contributed by atoms with Gasteiger partial charge >= 0.3 is 11.9 Å². The van der Waals surface area contributed by atoms with Crippen LogP contribution in [-0.4, -0.2) is 55.4 Å². The van der Waals surface area contributed by atoms with Gasteiger partial charge in [0.1, 0.15) is 18.5 Å². The van der Waals surface area contributed by atoms with Gasteiger partial charge in [0.2, 0.25) is 0 Å². The van der Waals surface area contributed by atoms with Gasteiger partial charge in [-0.25, -0.2) is 4.79 Å². The van der Waals surface area contributed by atoms with Crippen molar-refractivity contribution in [3.05, 3.63) is 47.0 Å². The summed E-state index contributed by atoms with van der Waals surface area (Å²) in [6, 6.07) is 2.01. The van der Waals surface area contributed by atoms with E-state index in [1.807, 2.05) is 13.0 Å². The van der Waals surface area contributed by atoms with Crippen LogP contribution in [0, 0.1) is 28.1 Å². The molecule has 222 valence electrons. The summed E-state index contributed by atoms with van der Waals surface area (Å²) < 4.78 is 31.4. The molecule has 4 fully saturated rings. The van der Waals surface area contributed by atoms with Crippen molar-refractivity contribution in [2.45, 2.75) is 104 Å². The summed E-state index contributed by atoms with van der Waals surface area (Å²) in [5.41, 5.74) is 2.43. The zero-order valence-electron chi connectivity index (χ0n) is 25.1. The lowest BCUT2D eigenvalue weighted by atomic mass is 9.40. The molecule has 1 aromatic heterocycles. The van der Waals surface area contributed by atoms with Crippen molar-refractivity contribution in [3.63, 3.8) is 0 Å². The molecule has 0 radical (unpaired) electrons. The fourth-order valence-electron chi connectivity index (χ4n) is 9.94. The Kier molecular flexibility index (Phi) is 6.70. The van der Waals surface area contributed by atoms with Crippen molar-refractivity contribution in [1.29, 1.82) is 0 Å². The standard InChI is InChI=1S/C33H42O8/c1-8-17(2)30(36)41-25-14-24(39-19(4)35)31(5)16-38-27-28(31)32(25,6)23(9-11-34)33(7)26-18(3)21(20-10-12-37-15-20)13-22(26)40-29(27)33/h8,10-12,15,21-25,27-29H,9,13-14,16H2,1-7H3/b17-8+/t21-,22-,23+,24-,25+,27-,28+,29-,31-,32-,33+/m1/s1. The van der Waals surface area contributed by atoms with Crippen molar-refractivity contribution in [2.24, 2.45) is 28.1 Å². The zero-order chi connectivity index (χ0) is 29.5. The van der Waals surface area contributed by atoms with Gasteiger partial charge < -0.3 is 28.2 Å². The SMILES string of the molecule is C/C=C(\C)C(=O)O[C@H]1C[C@@H](OC(C)=O)[C@@]2(C)CO[C@H]3[C@H]4O[C@@H]5C[C@@H](c6ccoc6)C(C)=C5[C@]4(C)[C@@H](CC=O)[C@@]1(C)[C@@H]32. The number of rotatable bonds is 6. The summed E-state index contributed by atoms with van der Waals surface area (Å²) in [5, 5.41) is 0. The largest absolute Gasteiger partial charge is 0.472 e. The summed E-state index contributed by atoms with van der Waals surface area (Å²) >= 11 is 0. The van der Waals surface area contributed by atoms with E-state index in [9.17, 15) is 14.4 Å². The van der Waals surface area contributed by atoms with E-state index in [4.69, 9.17) is 23.4 Å². The second kappa shape index (κ2) is 9.66. The second-order valence-electron chi connectivity index (χ2n) is 13.5. The lowest BCUT2D eigenvalue weighted by molar-refractivity contribution is -0.249.